The number of aromatic nitrogens is 2. The molecule has 0 aliphatic carbocycles. The van der Waals surface area contributed by atoms with Crippen molar-refractivity contribution in [1.29, 1.82) is 0 Å². The fourth-order valence-corrected chi connectivity index (χ4v) is 1.82. The van der Waals surface area contributed by atoms with Crippen molar-refractivity contribution in [2.45, 2.75) is 27.4 Å². The minimum Gasteiger partial charge on any atom is -0.487 e. The molecular weight excluding hydrogens is 212 g/mol. The third kappa shape index (κ3) is 2.67. The molecule has 90 valence electrons. The van der Waals surface area contributed by atoms with Crippen LogP contribution in [0.25, 0.3) is 0 Å². The lowest BCUT2D eigenvalue weighted by Crippen LogP contribution is -1.99. The van der Waals surface area contributed by atoms with Crippen LogP contribution in [0.1, 0.15) is 22.5 Å². The summed E-state index contributed by atoms with van der Waals surface area (Å²) >= 11 is 0. The van der Waals surface area contributed by atoms with Crippen LogP contribution in [0.15, 0.2) is 24.3 Å². The zero-order chi connectivity index (χ0) is 12.4. The third-order valence-corrected chi connectivity index (χ3v) is 2.87. The summed E-state index contributed by atoms with van der Waals surface area (Å²) < 4.78 is 7.63. The Morgan fingerprint density at radius 1 is 1.18 bits per heavy atom. The van der Waals surface area contributed by atoms with Crippen molar-refractivity contribution in [2.24, 2.45) is 7.05 Å². The van der Waals surface area contributed by atoms with E-state index in [4.69, 9.17) is 4.74 Å². The van der Waals surface area contributed by atoms with Gasteiger partial charge in [0, 0.05) is 12.7 Å². The summed E-state index contributed by atoms with van der Waals surface area (Å²) in [7, 11) is 1.94. The van der Waals surface area contributed by atoms with Gasteiger partial charge < -0.3 is 4.74 Å². The van der Waals surface area contributed by atoms with Crippen LogP contribution in [0.5, 0.6) is 5.75 Å². The first-order chi connectivity index (χ1) is 8.06. The molecule has 0 fully saturated rings. The lowest BCUT2D eigenvalue weighted by molar-refractivity contribution is 0.298. The highest BCUT2D eigenvalue weighted by atomic mass is 16.5. The van der Waals surface area contributed by atoms with Gasteiger partial charge in [-0.2, -0.15) is 5.10 Å². The van der Waals surface area contributed by atoms with Crippen molar-refractivity contribution in [3.05, 3.63) is 46.8 Å². The first-order valence-electron chi connectivity index (χ1n) is 5.76. The molecule has 17 heavy (non-hydrogen) atoms. The standard InChI is InChI=1S/C14H18N2O/c1-10-5-6-14(11(2)7-10)17-9-13-8-12(3)16(4)15-13/h5-8H,9H2,1-4H3. The summed E-state index contributed by atoms with van der Waals surface area (Å²) in [5.74, 6) is 0.930. The fraction of sp³-hybridized carbons (Fsp3) is 0.357. The first-order valence-corrected chi connectivity index (χ1v) is 5.76. The van der Waals surface area contributed by atoms with E-state index < -0.39 is 0 Å². The zero-order valence-electron chi connectivity index (χ0n) is 10.8. The van der Waals surface area contributed by atoms with Gasteiger partial charge in [0.1, 0.15) is 18.1 Å². The van der Waals surface area contributed by atoms with E-state index in [-0.39, 0.29) is 0 Å². The van der Waals surface area contributed by atoms with Crippen molar-refractivity contribution < 1.29 is 4.74 Å². The molecule has 0 bridgehead atoms. The van der Waals surface area contributed by atoms with Crippen molar-refractivity contribution >= 4 is 0 Å². The second-order valence-corrected chi connectivity index (χ2v) is 4.46. The van der Waals surface area contributed by atoms with Gasteiger partial charge in [-0.25, -0.2) is 0 Å². The Balaban J connectivity index is 2.07. The highest BCUT2D eigenvalue weighted by Crippen LogP contribution is 2.19. The fourth-order valence-electron chi connectivity index (χ4n) is 1.82. The molecule has 0 spiro atoms. The minimum atomic E-state index is 0.519. The zero-order valence-corrected chi connectivity index (χ0v) is 10.8. The number of benzene rings is 1. The van der Waals surface area contributed by atoms with Crippen LogP contribution in [-0.4, -0.2) is 9.78 Å². The van der Waals surface area contributed by atoms with Gasteiger partial charge in [0.05, 0.1) is 0 Å². The number of aryl methyl sites for hydroxylation is 4. The van der Waals surface area contributed by atoms with Crippen LogP contribution in [0.4, 0.5) is 0 Å². The molecule has 0 aliphatic rings. The Hall–Kier alpha value is -1.77. The molecule has 3 nitrogen and oxygen atoms in total. The molecule has 0 aliphatic heterocycles. The number of rotatable bonds is 3. The number of hydrogen-bond donors (Lipinski definition) is 0. The Morgan fingerprint density at radius 3 is 2.53 bits per heavy atom. The minimum absolute atomic E-state index is 0.519. The largest absolute Gasteiger partial charge is 0.487 e. The molecule has 2 rings (SSSR count). The lowest BCUT2D eigenvalue weighted by atomic mass is 10.1. The van der Waals surface area contributed by atoms with Gasteiger partial charge in [-0.1, -0.05) is 17.7 Å². The number of nitrogens with zero attached hydrogens (tertiary/aromatic N) is 2. The van der Waals surface area contributed by atoms with Gasteiger partial charge in [0.25, 0.3) is 0 Å². The average Bonchev–Trinajstić information content (AvgIpc) is 2.57. The first kappa shape index (κ1) is 11.7. The maximum Gasteiger partial charge on any atom is 0.132 e. The number of ether oxygens (including phenoxy) is 1. The summed E-state index contributed by atoms with van der Waals surface area (Å²) in [6.07, 6.45) is 0. The summed E-state index contributed by atoms with van der Waals surface area (Å²) in [5, 5.41) is 4.36. The van der Waals surface area contributed by atoms with Crippen molar-refractivity contribution in [2.75, 3.05) is 0 Å². The van der Waals surface area contributed by atoms with Crippen molar-refractivity contribution in [3.63, 3.8) is 0 Å². The van der Waals surface area contributed by atoms with Crippen molar-refractivity contribution in [1.82, 2.24) is 9.78 Å². The van der Waals surface area contributed by atoms with E-state index in [2.05, 4.69) is 31.1 Å². The molecule has 1 aromatic heterocycles. The van der Waals surface area contributed by atoms with E-state index in [9.17, 15) is 0 Å². The van der Waals surface area contributed by atoms with Gasteiger partial charge >= 0.3 is 0 Å². The molecular formula is C14H18N2O. The van der Waals surface area contributed by atoms with Gasteiger partial charge in [0.15, 0.2) is 0 Å². The SMILES string of the molecule is Cc1ccc(OCc2cc(C)n(C)n2)c(C)c1. The Bertz CT molecular complexity index is 510. The van der Waals surface area contributed by atoms with E-state index >= 15 is 0 Å². The van der Waals surface area contributed by atoms with Gasteiger partial charge in [0.2, 0.25) is 0 Å². The summed E-state index contributed by atoms with van der Waals surface area (Å²) in [4.78, 5) is 0. The quantitative estimate of drug-likeness (QED) is 0.810. The Labute approximate surface area is 102 Å². The number of hydrogen-bond acceptors (Lipinski definition) is 2. The highest BCUT2D eigenvalue weighted by molar-refractivity contribution is 5.35. The molecule has 0 amide bonds. The van der Waals surface area contributed by atoms with Crippen LogP contribution < -0.4 is 4.74 Å². The molecule has 2 aromatic rings. The van der Waals surface area contributed by atoms with Crippen LogP contribution in [-0.2, 0) is 13.7 Å². The topological polar surface area (TPSA) is 27.1 Å². The van der Waals surface area contributed by atoms with Gasteiger partial charge in [-0.15, -0.1) is 0 Å². The van der Waals surface area contributed by atoms with Crippen molar-refractivity contribution in [3.8, 4) is 5.75 Å². The second kappa shape index (κ2) is 4.62. The van der Waals surface area contributed by atoms with E-state index in [0.29, 0.717) is 6.61 Å². The van der Waals surface area contributed by atoms with Gasteiger partial charge in [-0.05, 0) is 38.5 Å². The van der Waals surface area contributed by atoms with Gasteiger partial charge in [-0.3, -0.25) is 4.68 Å². The monoisotopic (exact) mass is 230 g/mol. The Kier molecular flexibility index (Phi) is 3.18. The van der Waals surface area contributed by atoms with E-state index in [1.165, 1.54) is 5.56 Å². The molecule has 3 heteroatoms. The molecule has 1 heterocycles. The second-order valence-electron chi connectivity index (χ2n) is 4.46. The average molecular weight is 230 g/mol. The predicted molar refractivity (Wildman–Crippen MR) is 68.2 cm³/mol. The molecule has 0 atom stereocenters. The van der Waals surface area contributed by atoms with Crippen LogP contribution in [0.3, 0.4) is 0 Å². The summed E-state index contributed by atoms with van der Waals surface area (Å²) in [6, 6.07) is 8.25. The van der Waals surface area contributed by atoms with E-state index in [0.717, 1.165) is 22.7 Å². The molecule has 0 unspecified atom stereocenters. The van der Waals surface area contributed by atoms with E-state index in [1.54, 1.807) is 0 Å². The van der Waals surface area contributed by atoms with E-state index in [1.807, 2.05) is 30.8 Å². The maximum absolute atomic E-state index is 5.77. The Morgan fingerprint density at radius 2 is 1.94 bits per heavy atom. The lowest BCUT2D eigenvalue weighted by Gasteiger charge is -2.08. The normalized spacial score (nSPS) is 10.6. The van der Waals surface area contributed by atoms with Crippen LogP contribution >= 0.6 is 0 Å². The molecule has 0 N–H and O–H groups in total. The summed E-state index contributed by atoms with van der Waals surface area (Å²) in [6.45, 7) is 6.70. The van der Waals surface area contributed by atoms with Crippen LogP contribution in [0.2, 0.25) is 0 Å². The molecule has 0 saturated carbocycles. The third-order valence-electron chi connectivity index (χ3n) is 2.87. The molecule has 0 saturated heterocycles. The maximum atomic E-state index is 5.77. The summed E-state index contributed by atoms with van der Waals surface area (Å²) in [5.41, 5.74) is 4.52. The molecule has 0 radical (unpaired) electrons. The van der Waals surface area contributed by atoms with Crippen LogP contribution in [0, 0.1) is 20.8 Å². The smallest absolute Gasteiger partial charge is 0.132 e. The predicted octanol–water partition coefficient (Wildman–Crippen LogP) is 2.92. The highest BCUT2D eigenvalue weighted by Gasteiger charge is 2.04. The molecule has 1 aromatic carbocycles.